The number of aryl methyl sites for hydroxylation is 1. The van der Waals surface area contributed by atoms with Crippen molar-refractivity contribution in [1.29, 1.82) is 0 Å². The number of nitrogens with one attached hydrogen (secondary N) is 3. The summed E-state index contributed by atoms with van der Waals surface area (Å²) in [4.78, 5) is 21.8. The number of carbonyl (C=O) groups excluding carboxylic acids is 1. The Kier molecular flexibility index (Phi) is 11.8. The molecule has 0 fully saturated rings. The number of halogens is 1. The van der Waals surface area contributed by atoms with E-state index in [1.165, 1.54) is 10.4 Å². The van der Waals surface area contributed by atoms with Crippen LogP contribution in [0.25, 0.3) is 0 Å². The molecule has 1 aromatic carbocycles. The number of amides is 1. The number of aliphatic imine (C=N–C) groups is 1. The van der Waals surface area contributed by atoms with E-state index in [9.17, 15) is 4.79 Å². The van der Waals surface area contributed by atoms with Crippen LogP contribution in [0.5, 0.6) is 0 Å². The van der Waals surface area contributed by atoms with Gasteiger partial charge in [0.15, 0.2) is 5.96 Å². The lowest BCUT2D eigenvalue weighted by Crippen LogP contribution is -2.39. The number of benzene rings is 1. The van der Waals surface area contributed by atoms with Gasteiger partial charge in [-0.1, -0.05) is 19.1 Å². The van der Waals surface area contributed by atoms with Crippen molar-refractivity contribution in [3.8, 4) is 0 Å². The molecular weight excluding hydrogens is 525 g/mol. The number of hydrogen-bond acceptors (Lipinski definition) is 5. The van der Waals surface area contributed by atoms with Crippen LogP contribution in [0.15, 0.2) is 35.5 Å². The minimum atomic E-state index is -0.513. The molecule has 9 heteroatoms. The number of aromatic nitrogens is 1. The summed E-state index contributed by atoms with van der Waals surface area (Å²) >= 11 is 1.77. The second-order valence-corrected chi connectivity index (χ2v) is 9.02. The summed E-state index contributed by atoms with van der Waals surface area (Å²) in [5.74, 6) is 0.783. The zero-order valence-corrected chi connectivity index (χ0v) is 22.1. The number of guanidine groups is 1. The molecule has 0 aliphatic heterocycles. The largest absolute Gasteiger partial charge is 0.444 e. The smallest absolute Gasteiger partial charge is 0.412 e. The Bertz CT molecular complexity index is 831. The van der Waals surface area contributed by atoms with Crippen molar-refractivity contribution in [2.75, 3.05) is 25.5 Å². The average Bonchev–Trinajstić information content (AvgIpc) is 3.14. The van der Waals surface area contributed by atoms with E-state index < -0.39 is 11.7 Å². The number of ether oxygens (including phenoxy) is 1. The van der Waals surface area contributed by atoms with Gasteiger partial charge >= 0.3 is 6.09 Å². The number of hydrogen-bond donors (Lipinski definition) is 3. The highest BCUT2D eigenvalue weighted by molar-refractivity contribution is 14.0. The van der Waals surface area contributed by atoms with Crippen LogP contribution in [0.1, 0.15) is 43.1 Å². The van der Waals surface area contributed by atoms with E-state index in [1.807, 2.05) is 51.2 Å². The van der Waals surface area contributed by atoms with Crippen molar-refractivity contribution in [3.63, 3.8) is 0 Å². The molecular formula is C22H34IN5O2S. The van der Waals surface area contributed by atoms with Gasteiger partial charge in [-0.2, -0.15) is 0 Å². The van der Waals surface area contributed by atoms with Crippen LogP contribution < -0.4 is 16.0 Å². The van der Waals surface area contributed by atoms with Gasteiger partial charge in [0.05, 0.1) is 5.01 Å². The van der Waals surface area contributed by atoms with Crippen molar-refractivity contribution in [1.82, 2.24) is 15.6 Å². The zero-order chi connectivity index (χ0) is 22.0. The Hall–Kier alpha value is -1.88. The topological polar surface area (TPSA) is 87.6 Å². The first-order chi connectivity index (χ1) is 14.3. The van der Waals surface area contributed by atoms with Crippen LogP contribution in [-0.2, 0) is 24.0 Å². The minimum absolute atomic E-state index is 0. The average molecular weight is 560 g/mol. The Balaban J connectivity index is 0.00000480. The van der Waals surface area contributed by atoms with Crippen LogP contribution in [0.3, 0.4) is 0 Å². The number of rotatable bonds is 8. The molecule has 0 aliphatic rings. The van der Waals surface area contributed by atoms with Gasteiger partial charge in [0, 0.05) is 43.3 Å². The van der Waals surface area contributed by atoms with E-state index in [-0.39, 0.29) is 24.0 Å². The molecule has 7 nitrogen and oxygen atoms in total. The first-order valence-electron chi connectivity index (χ1n) is 10.3. The quantitative estimate of drug-likeness (QED) is 0.250. The summed E-state index contributed by atoms with van der Waals surface area (Å²) in [5.41, 5.74) is 1.37. The van der Waals surface area contributed by atoms with Gasteiger partial charge in [-0.25, -0.2) is 9.78 Å². The van der Waals surface area contributed by atoms with Crippen LogP contribution >= 0.6 is 35.3 Å². The lowest BCUT2D eigenvalue weighted by molar-refractivity contribution is 0.0636. The molecule has 0 spiro atoms. The molecule has 172 valence electrons. The third-order valence-electron chi connectivity index (χ3n) is 4.11. The monoisotopic (exact) mass is 559 g/mol. The predicted octanol–water partition coefficient (Wildman–Crippen LogP) is 4.62. The molecule has 0 aliphatic carbocycles. The molecule has 0 saturated carbocycles. The van der Waals surface area contributed by atoms with E-state index in [0.29, 0.717) is 5.69 Å². The standard InChI is InChI=1S/C22H33N5O2S.HI/c1-6-18-15-26-19(30-18)12-14-25-20(23-5)24-13-11-16-7-9-17(10-8-16)27-21(28)29-22(2,3)4;/h7-10,15H,6,11-14H2,1-5H3,(H,27,28)(H2,23,24,25);1H. The van der Waals surface area contributed by atoms with E-state index >= 15 is 0 Å². The highest BCUT2D eigenvalue weighted by Crippen LogP contribution is 2.14. The van der Waals surface area contributed by atoms with Crippen LogP contribution in [0.2, 0.25) is 0 Å². The Morgan fingerprint density at radius 3 is 2.32 bits per heavy atom. The highest BCUT2D eigenvalue weighted by atomic mass is 127. The van der Waals surface area contributed by atoms with Crippen LogP contribution in [-0.4, -0.2) is 42.8 Å². The number of thiazole rings is 1. The van der Waals surface area contributed by atoms with E-state index in [0.717, 1.165) is 43.3 Å². The molecule has 2 rings (SSSR count). The van der Waals surface area contributed by atoms with Crippen molar-refractivity contribution in [3.05, 3.63) is 45.9 Å². The van der Waals surface area contributed by atoms with Gasteiger partial charge in [-0.3, -0.25) is 10.3 Å². The fourth-order valence-corrected chi connectivity index (χ4v) is 3.50. The maximum absolute atomic E-state index is 11.8. The minimum Gasteiger partial charge on any atom is -0.444 e. The maximum Gasteiger partial charge on any atom is 0.412 e. The SMILES string of the molecule is CCc1cnc(CCNC(=NC)NCCc2ccc(NC(=O)OC(C)(C)C)cc2)s1.I. The Labute approximate surface area is 206 Å². The Morgan fingerprint density at radius 1 is 1.13 bits per heavy atom. The van der Waals surface area contributed by atoms with Crippen LogP contribution in [0.4, 0.5) is 10.5 Å². The summed E-state index contributed by atoms with van der Waals surface area (Å²) in [7, 11) is 1.77. The predicted molar refractivity (Wildman–Crippen MR) is 140 cm³/mol. The molecule has 3 N–H and O–H groups in total. The van der Waals surface area contributed by atoms with E-state index in [4.69, 9.17) is 4.74 Å². The molecule has 1 aromatic heterocycles. The molecule has 2 aromatic rings. The highest BCUT2D eigenvalue weighted by Gasteiger charge is 2.16. The maximum atomic E-state index is 11.8. The third kappa shape index (κ3) is 10.8. The third-order valence-corrected chi connectivity index (χ3v) is 5.31. The zero-order valence-electron chi connectivity index (χ0n) is 18.9. The Morgan fingerprint density at radius 2 is 1.77 bits per heavy atom. The second-order valence-electron chi connectivity index (χ2n) is 7.82. The second kappa shape index (κ2) is 13.5. The van der Waals surface area contributed by atoms with Gasteiger partial charge in [-0.15, -0.1) is 35.3 Å². The molecule has 0 saturated heterocycles. The van der Waals surface area contributed by atoms with Gasteiger partial charge in [-0.05, 0) is 51.3 Å². The first kappa shape index (κ1) is 27.2. The van der Waals surface area contributed by atoms with Crippen LogP contribution in [0, 0.1) is 0 Å². The molecule has 0 bridgehead atoms. The van der Waals surface area contributed by atoms with E-state index in [2.05, 4.69) is 32.9 Å². The molecule has 0 radical (unpaired) electrons. The van der Waals surface area contributed by atoms with Gasteiger partial charge in [0.1, 0.15) is 5.60 Å². The molecule has 31 heavy (non-hydrogen) atoms. The summed E-state index contributed by atoms with van der Waals surface area (Å²) in [6.07, 6.45) is 4.28. The van der Waals surface area contributed by atoms with E-state index in [1.54, 1.807) is 18.4 Å². The lowest BCUT2D eigenvalue weighted by Gasteiger charge is -2.19. The molecule has 1 heterocycles. The summed E-state index contributed by atoms with van der Waals surface area (Å²) in [6, 6.07) is 7.76. The van der Waals surface area contributed by atoms with Crippen molar-refractivity contribution in [2.45, 2.75) is 52.6 Å². The number of carbonyl (C=O) groups is 1. The van der Waals surface area contributed by atoms with Gasteiger partial charge in [0.2, 0.25) is 0 Å². The van der Waals surface area contributed by atoms with Gasteiger partial charge < -0.3 is 15.4 Å². The van der Waals surface area contributed by atoms with Crippen molar-refractivity contribution >= 4 is 53.1 Å². The lowest BCUT2D eigenvalue weighted by atomic mass is 10.1. The normalized spacial score (nSPS) is 11.5. The molecule has 0 unspecified atom stereocenters. The summed E-state index contributed by atoms with van der Waals surface area (Å²) in [5, 5.41) is 10.5. The summed E-state index contributed by atoms with van der Waals surface area (Å²) < 4.78 is 5.26. The first-order valence-corrected chi connectivity index (χ1v) is 11.1. The number of nitrogens with zero attached hydrogens (tertiary/aromatic N) is 2. The molecule has 1 amide bonds. The van der Waals surface area contributed by atoms with Gasteiger partial charge in [0.25, 0.3) is 0 Å². The van der Waals surface area contributed by atoms with Crippen molar-refractivity contribution < 1.29 is 9.53 Å². The molecule has 0 atom stereocenters. The number of anilines is 1. The fourth-order valence-electron chi connectivity index (χ4n) is 2.64. The van der Waals surface area contributed by atoms with Crippen molar-refractivity contribution in [2.24, 2.45) is 4.99 Å². The fraction of sp³-hybridized carbons (Fsp3) is 0.500. The summed E-state index contributed by atoms with van der Waals surface area (Å²) in [6.45, 7) is 9.22.